The number of nitrogens with one attached hydrogen (secondary N) is 2. The molecule has 1 heterocycles. The summed E-state index contributed by atoms with van der Waals surface area (Å²) in [5.74, 6) is 0. The standard InChI is InChI=1S/C8H20N4.2C2H3N.2I3.2I2/c1-2-10-5-6-12-8-7-11-4-3-9-1;2*1-2-3;2*1-3-2;2*1-2/h9-12H,1-8H2;2*1H3;;;;/q;;;2*-1;;/p+2. The molecule has 1 aliphatic rings. The van der Waals surface area contributed by atoms with E-state index in [2.05, 4.69) is 170 Å². The number of hydrogen-bond donors (Lipinski definition) is 4. The molecule has 0 aromatic carbocycles. The Balaban J connectivity index is -0.0000000631. The molecule has 0 bridgehead atoms. The van der Waals surface area contributed by atoms with E-state index in [0.29, 0.717) is 26.5 Å². The topological polar surface area (TPSA) is 105 Å². The Bertz CT molecular complexity index is 211. The number of quaternary nitrogens is 2. The van der Waals surface area contributed by atoms with Crippen molar-refractivity contribution in [2.45, 2.75) is 13.8 Å². The molecule has 1 fully saturated rings. The van der Waals surface area contributed by atoms with Crippen LogP contribution in [0.5, 0.6) is 0 Å². The number of halogens is 10. The maximum absolute atomic E-state index is 7.32. The van der Waals surface area contributed by atoms with E-state index in [4.69, 9.17) is 10.5 Å². The molecule has 0 unspecified atom stereocenters. The van der Waals surface area contributed by atoms with Gasteiger partial charge in [-0.1, -0.05) is 0 Å². The predicted octanol–water partition coefficient (Wildman–Crippen LogP) is -1.54. The number of nitriles is 2. The van der Waals surface area contributed by atoms with Gasteiger partial charge in [-0.3, -0.25) is 0 Å². The number of rotatable bonds is 0. The van der Waals surface area contributed by atoms with Crippen LogP contribution < -0.4 is 47.8 Å². The third-order valence-corrected chi connectivity index (χ3v) is 2.10. The molecule has 1 saturated heterocycles. The van der Waals surface area contributed by atoms with Gasteiger partial charge in [0.1, 0.15) is 0 Å². The third-order valence-electron chi connectivity index (χ3n) is 2.10. The molecular weight excluding hydrogens is 1500 g/mol. The van der Waals surface area contributed by atoms with Gasteiger partial charge in [0.05, 0.1) is 38.3 Å². The van der Waals surface area contributed by atoms with Crippen molar-refractivity contribution in [3.8, 4) is 12.1 Å². The summed E-state index contributed by atoms with van der Waals surface area (Å²) in [4.78, 5) is 0. The average Bonchev–Trinajstić information content (AvgIpc) is 2.68. The normalized spacial score (nSPS) is 12.9. The van der Waals surface area contributed by atoms with Crippen molar-refractivity contribution in [3.05, 3.63) is 0 Å². The van der Waals surface area contributed by atoms with Crippen molar-refractivity contribution < 1.29 is 37.1 Å². The second-order valence-electron chi connectivity index (χ2n) is 3.79. The van der Waals surface area contributed by atoms with Crippen molar-refractivity contribution in [1.82, 2.24) is 10.6 Å². The molecule has 1 aliphatic heterocycles. The van der Waals surface area contributed by atoms with E-state index >= 15 is 0 Å². The Morgan fingerprint density at radius 3 is 0.929 bits per heavy atom. The zero-order valence-corrected chi connectivity index (χ0v) is 37.1. The summed E-state index contributed by atoms with van der Waals surface area (Å²) >= 11 is 19.1. The summed E-state index contributed by atoms with van der Waals surface area (Å²) in [6, 6.07) is 3.50. The number of nitrogens with zero attached hydrogens (tertiary/aromatic N) is 2. The molecule has 28 heavy (non-hydrogen) atoms. The van der Waals surface area contributed by atoms with E-state index in [1.807, 2.05) is 0 Å². The Morgan fingerprint density at radius 1 is 0.643 bits per heavy atom. The van der Waals surface area contributed by atoms with Gasteiger partial charge in [0.2, 0.25) is 0 Å². The average molecular weight is 1530 g/mol. The van der Waals surface area contributed by atoms with Crippen LogP contribution in [0.2, 0.25) is 0 Å². The zero-order chi connectivity index (χ0) is 23.3. The first-order valence-corrected chi connectivity index (χ1v) is 45.1. The molecule has 6 nitrogen and oxygen atoms in total. The molecule has 0 saturated carbocycles. The van der Waals surface area contributed by atoms with Gasteiger partial charge >= 0.3 is 101 Å². The van der Waals surface area contributed by atoms with E-state index in [-0.39, 0.29) is 0 Å². The van der Waals surface area contributed by atoms with Gasteiger partial charge in [0.15, 0.2) is 0 Å². The van der Waals surface area contributed by atoms with Gasteiger partial charge in [0, 0.05) is 114 Å². The number of hydrogen-bond acceptors (Lipinski definition) is 4. The molecule has 176 valence electrons. The first kappa shape index (κ1) is 47.3. The van der Waals surface area contributed by atoms with Gasteiger partial charge in [0.25, 0.3) is 0 Å². The first-order valence-electron chi connectivity index (χ1n) is 7.35. The fourth-order valence-corrected chi connectivity index (χ4v) is 1.36. The molecule has 6 N–H and O–H groups in total. The second-order valence-corrected chi connectivity index (χ2v) is 36.3. The van der Waals surface area contributed by atoms with E-state index < -0.39 is 0 Å². The van der Waals surface area contributed by atoms with Gasteiger partial charge in [-0.15, -0.1) is 0 Å². The molecule has 0 radical (unpaired) electrons. The summed E-state index contributed by atoms with van der Waals surface area (Å²) in [6.45, 7) is 12.3. The maximum atomic E-state index is 7.32. The Hall–Kier alpha value is 6.12. The van der Waals surface area contributed by atoms with Crippen LogP contribution in [0.4, 0.5) is 0 Å². The second kappa shape index (κ2) is 69.8. The SMILES string of the molecule is C1C[NH2+]CCNCC[NH2+]CCN1.CC#N.CC#N.II.II.I[I-]I.I[I-]I. The molecule has 1 rings (SSSR count). The van der Waals surface area contributed by atoms with Gasteiger partial charge < -0.3 is 21.3 Å². The van der Waals surface area contributed by atoms with Gasteiger partial charge in [-0.2, -0.15) is 10.5 Å². The van der Waals surface area contributed by atoms with E-state index in [1.54, 1.807) is 12.1 Å². The van der Waals surface area contributed by atoms with Crippen LogP contribution in [0.15, 0.2) is 0 Å². The fraction of sp³-hybridized carbons (Fsp3) is 0.833. The molecule has 0 amide bonds. The fourth-order valence-electron chi connectivity index (χ4n) is 1.36. The Morgan fingerprint density at radius 2 is 0.786 bits per heavy atom. The molecule has 0 atom stereocenters. The van der Waals surface area contributed by atoms with Crippen molar-refractivity contribution in [2.24, 2.45) is 0 Å². The van der Waals surface area contributed by atoms with Crippen LogP contribution in [0, 0.1) is 22.7 Å². The van der Waals surface area contributed by atoms with E-state index in [9.17, 15) is 0 Å². The van der Waals surface area contributed by atoms with Gasteiger partial charge in [-0.05, 0) is 0 Å². The third kappa shape index (κ3) is 94.7. The quantitative estimate of drug-likeness (QED) is 0.221. The van der Waals surface area contributed by atoms with E-state index in [0.717, 1.165) is 26.2 Å². The van der Waals surface area contributed by atoms with Crippen molar-refractivity contribution >= 4 is 149 Å². The molecular formula is C12H28I10N6. The molecule has 0 spiro atoms. The van der Waals surface area contributed by atoms with Crippen LogP contribution in [0.1, 0.15) is 13.8 Å². The number of nitrogens with two attached hydrogens (primary N) is 2. The van der Waals surface area contributed by atoms with Crippen LogP contribution in [0.3, 0.4) is 0 Å². The van der Waals surface area contributed by atoms with Crippen LogP contribution in [-0.4, -0.2) is 52.4 Å². The Kier molecular flexibility index (Phi) is 118. The van der Waals surface area contributed by atoms with E-state index in [1.165, 1.54) is 40.0 Å². The summed E-state index contributed by atoms with van der Waals surface area (Å²) in [5.41, 5.74) is 0. The minimum absolute atomic E-state index is 0.530. The summed E-state index contributed by atoms with van der Waals surface area (Å²) in [5, 5.41) is 26.2. The minimum atomic E-state index is 0.530. The molecule has 0 aliphatic carbocycles. The summed E-state index contributed by atoms with van der Waals surface area (Å²) in [7, 11) is 0. The van der Waals surface area contributed by atoms with Crippen molar-refractivity contribution in [1.29, 1.82) is 10.5 Å². The van der Waals surface area contributed by atoms with Crippen molar-refractivity contribution in [3.63, 3.8) is 0 Å². The molecule has 0 aromatic rings. The first-order chi connectivity index (χ1) is 13.7. The molecule has 0 aromatic heterocycles. The van der Waals surface area contributed by atoms with Crippen molar-refractivity contribution in [2.75, 3.05) is 52.4 Å². The Labute approximate surface area is 278 Å². The monoisotopic (exact) mass is 1530 g/mol. The van der Waals surface area contributed by atoms with Gasteiger partial charge in [-0.25, -0.2) is 0 Å². The molecule has 16 heteroatoms. The summed E-state index contributed by atoms with van der Waals surface area (Å²) in [6.07, 6.45) is 0. The summed E-state index contributed by atoms with van der Waals surface area (Å²) < 4.78 is 0. The zero-order valence-electron chi connectivity index (χ0n) is 15.5. The predicted molar refractivity (Wildman–Crippen MR) is 184 cm³/mol. The van der Waals surface area contributed by atoms with Crippen LogP contribution in [-0.2, 0) is 0 Å². The van der Waals surface area contributed by atoms with Crippen LogP contribution in [0.25, 0.3) is 0 Å². The van der Waals surface area contributed by atoms with Crippen LogP contribution >= 0.6 is 149 Å².